The Morgan fingerprint density at radius 3 is 2.11 bits per heavy atom. The highest BCUT2D eigenvalue weighted by molar-refractivity contribution is 6.31. The Hall–Kier alpha value is -5.25. The van der Waals surface area contributed by atoms with Gasteiger partial charge in [-0.05, 0) is 105 Å². The van der Waals surface area contributed by atoms with E-state index >= 15 is 0 Å². The maximum Gasteiger partial charge on any atom is 0.262 e. The van der Waals surface area contributed by atoms with Gasteiger partial charge in [0.25, 0.3) is 17.7 Å². The molecule has 1 saturated carbocycles. The summed E-state index contributed by atoms with van der Waals surface area (Å²) in [5.74, 6) is -1.37. The first-order valence-electron chi connectivity index (χ1n) is 18.3. The maximum atomic E-state index is 13.3. The Labute approximate surface area is 312 Å². The van der Waals surface area contributed by atoms with Crippen LogP contribution in [0.25, 0.3) is 0 Å². The quantitative estimate of drug-likeness (QED) is 0.329. The van der Waals surface area contributed by atoms with Crippen LogP contribution in [0, 0.1) is 11.3 Å². The number of halogens is 1. The molecule has 5 amide bonds. The van der Waals surface area contributed by atoms with Crippen LogP contribution in [0.4, 0.5) is 5.69 Å². The third kappa shape index (κ3) is 6.87. The molecule has 3 aromatic carbocycles. The molecule has 0 spiro atoms. The number of ether oxygens (including phenoxy) is 1. The minimum absolute atomic E-state index is 0.0356. The van der Waals surface area contributed by atoms with Crippen molar-refractivity contribution in [2.75, 3.05) is 18.0 Å². The van der Waals surface area contributed by atoms with Crippen molar-refractivity contribution in [3.05, 3.63) is 93.0 Å². The average molecular weight is 735 g/mol. The largest absolute Gasteiger partial charge is 0.490 e. The number of nitrogens with zero attached hydrogens (tertiary/aromatic N) is 4. The van der Waals surface area contributed by atoms with E-state index in [1.54, 1.807) is 18.2 Å². The van der Waals surface area contributed by atoms with Crippen LogP contribution in [0.15, 0.2) is 54.6 Å². The Morgan fingerprint density at radius 2 is 1.51 bits per heavy atom. The van der Waals surface area contributed by atoms with Gasteiger partial charge in [0.15, 0.2) is 0 Å². The van der Waals surface area contributed by atoms with Gasteiger partial charge in [-0.15, -0.1) is 0 Å². The molecular formula is C40H39ClN6O6. The van der Waals surface area contributed by atoms with Crippen LogP contribution >= 0.6 is 11.6 Å². The van der Waals surface area contributed by atoms with Crippen molar-refractivity contribution in [1.29, 1.82) is 5.26 Å². The molecule has 13 heteroatoms. The van der Waals surface area contributed by atoms with Gasteiger partial charge in [-0.3, -0.25) is 39.1 Å². The molecule has 4 heterocycles. The minimum Gasteiger partial charge on any atom is -0.490 e. The molecule has 53 heavy (non-hydrogen) atoms. The molecule has 0 radical (unpaired) electrons. The van der Waals surface area contributed by atoms with Crippen LogP contribution < -0.4 is 20.3 Å². The van der Waals surface area contributed by atoms with Crippen molar-refractivity contribution in [2.24, 2.45) is 0 Å². The monoisotopic (exact) mass is 734 g/mol. The number of imide groups is 2. The van der Waals surface area contributed by atoms with Crippen LogP contribution in [-0.4, -0.2) is 76.7 Å². The molecule has 0 aromatic heterocycles. The molecule has 1 atom stereocenters. The number of carbonyl (C=O) groups excluding carboxylic acids is 5. The second kappa shape index (κ2) is 14.3. The van der Waals surface area contributed by atoms with Crippen LogP contribution in [0.5, 0.6) is 5.75 Å². The summed E-state index contributed by atoms with van der Waals surface area (Å²) in [6.45, 7) is 3.13. The lowest BCUT2D eigenvalue weighted by Crippen LogP contribution is -2.54. The zero-order valence-electron chi connectivity index (χ0n) is 29.1. The van der Waals surface area contributed by atoms with E-state index in [1.807, 2.05) is 36.4 Å². The molecule has 3 fully saturated rings. The predicted molar refractivity (Wildman–Crippen MR) is 194 cm³/mol. The number of hydrogen-bond acceptors (Lipinski definition) is 9. The van der Waals surface area contributed by atoms with Gasteiger partial charge in [-0.1, -0.05) is 11.6 Å². The van der Waals surface area contributed by atoms with Crippen LogP contribution in [0.1, 0.15) is 99.1 Å². The SMILES string of the molecule is N#Cc1ccc(OC2CCC(NC(=O)c3ccc(N4CCC(N5Cc6cc7c(cc6C5)C(=O)N(C5CCC(=O)NC5=O)C7=O)CC4)cc3)CC2)cc1Cl. The van der Waals surface area contributed by atoms with E-state index in [-0.39, 0.29) is 30.9 Å². The van der Waals surface area contributed by atoms with Crippen molar-refractivity contribution < 1.29 is 28.7 Å². The second-order valence-corrected chi connectivity index (χ2v) is 15.0. The zero-order valence-corrected chi connectivity index (χ0v) is 29.9. The van der Waals surface area contributed by atoms with E-state index in [2.05, 4.69) is 26.5 Å². The zero-order chi connectivity index (χ0) is 36.8. The first-order valence-corrected chi connectivity index (χ1v) is 18.7. The molecule has 272 valence electrons. The highest BCUT2D eigenvalue weighted by atomic mass is 35.5. The summed E-state index contributed by atoms with van der Waals surface area (Å²) in [7, 11) is 0. The van der Waals surface area contributed by atoms with Gasteiger partial charge in [-0.25, -0.2) is 0 Å². The number of rotatable bonds is 7. The summed E-state index contributed by atoms with van der Waals surface area (Å²) in [4.78, 5) is 69.5. The number of fused-ring (bicyclic) bond motifs is 2. The number of nitrogens with one attached hydrogen (secondary N) is 2. The topological polar surface area (TPSA) is 152 Å². The van der Waals surface area contributed by atoms with E-state index in [4.69, 9.17) is 21.6 Å². The first kappa shape index (κ1) is 34.8. The fourth-order valence-electron chi connectivity index (χ4n) is 8.41. The number of anilines is 1. The number of benzene rings is 3. The Balaban J connectivity index is 0.802. The summed E-state index contributed by atoms with van der Waals surface area (Å²) in [6.07, 6.45) is 5.45. The molecular weight excluding hydrogens is 696 g/mol. The summed E-state index contributed by atoms with van der Waals surface area (Å²) in [5, 5.41) is 14.9. The number of amides is 5. The molecule has 4 aliphatic heterocycles. The molecule has 0 bridgehead atoms. The van der Waals surface area contributed by atoms with Gasteiger partial charge in [-0.2, -0.15) is 5.26 Å². The van der Waals surface area contributed by atoms with E-state index in [0.717, 1.165) is 73.3 Å². The summed E-state index contributed by atoms with van der Waals surface area (Å²) in [5.41, 5.74) is 4.85. The molecule has 8 rings (SSSR count). The van der Waals surface area contributed by atoms with Gasteiger partial charge in [0.1, 0.15) is 17.9 Å². The van der Waals surface area contributed by atoms with E-state index in [0.29, 0.717) is 52.2 Å². The Bertz CT molecular complexity index is 2000. The van der Waals surface area contributed by atoms with Gasteiger partial charge in [0.05, 0.1) is 27.8 Å². The number of piperidine rings is 2. The van der Waals surface area contributed by atoms with E-state index in [1.165, 1.54) is 0 Å². The summed E-state index contributed by atoms with van der Waals surface area (Å²) in [6, 6.07) is 18.1. The molecule has 2 saturated heterocycles. The average Bonchev–Trinajstić information content (AvgIpc) is 3.69. The molecule has 5 aliphatic rings. The standard InChI is InChI=1S/C40H39ClN6O6/c41-34-19-31(8-3-24(34)20-42)53-30-9-4-27(5-10-30)43-37(49)23-1-6-28(7-2-23)45-15-13-29(14-16-45)46-21-25-17-32-33(18-26(25)22-46)40(52)47(39(32)51)35-11-12-36(48)44-38(35)50/h1-3,6-8,17-19,27,29-30,35H,4-5,9-16,21-22H2,(H,43,49)(H,44,48,50). The lowest BCUT2D eigenvalue weighted by Gasteiger charge is -2.37. The number of carbonyl (C=O) groups is 5. The van der Waals surface area contributed by atoms with Crippen LogP contribution in [0.2, 0.25) is 5.02 Å². The van der Waals surface area contributed by atoms with Gasteiger partial charge >= 0.3 is 0 Å². The highest BCUT2D eigenvalue weighted by Gasteiger charge is 2.45. The summed E-state index contributed by atoms with van der Waals surface area (Å²) < 4.78 is 6.09. The number of hydrogen-bond donors (Lipinski definition) is 2. The predicted octanol–water partition coefficient (Wildman–Crippen LogP) is 4.72. The normalized spacial score (nSPS) is 23.4. The third-order valence-corrected chi connectivity index (χ3v) is 11.7. The lowest BCUT2D eigenvalue weighted by molar-refractivity contribution is -0.136. The van der Waals surface area contributed by atoms with Crippen molar-refractivity contribution in [1.82, 2.24) is 20.4 Å². The van der Waals surface area contributed by atoms with E-state index in [9.17, 15) is 24.0 Å². The third-order valence-electron chi connectivity index (χ3n) is 11.4. The fourth-order valence-corrected chi connectivity index (χ4v) is 8.62. The van der Waals surface area contributed by atoms with Crippen molar-refractivity contribution in [3.63, 3.8) is 0 Å². The maximum absolute atomic E-state index is 13.3. The van der Waals surface area contributed by atoms with Crippen molar-refractivity contribution >= 4 is 46.8 Å². The van der Waals surface area contributed by atoms with Crippen molar-refractivity contribution in [2.45, 2.75) is 88.7 Å². The van der Waals surface area contributed by atoms with Crippen molar-refractivity contribution in [3.8, 4) is 11.8 Å². The lowest BCUT2D eigenvalue weighted by atomic mass is 9.92. The van der Waals surface area contributed by atoms with Gasteiger partial charge in [0, 0.05) is 62.0 Å². The molecule has 3 aromatic rings. The van der Waals surface area contributed by atoms with Gasteiger partial charge < -0.3 is 15.0 Å². The molecule has 12 nitrogen and oxygen atoms in total. The highest BCUT2D eigenvalue weighted by Crippen LogP contribution is 2.36. The Kier molecular flexibility index (Phi) is 9.39. The number of nitriles is 1. The minimum atomic E-state index is -0.967. The van der Waals surface area contributed by atoms with Crippen LogP contribution in [0.3, 0.4) is 0 Å². The summed E-state index contributed by atoms with van der Waals surface area (Å²) >= 11 is 6.15. The molecule has 1 aliphatic carbocycles. The Morgan fingerprint density at radius 1 is 0.849 bits per heavy atom. The van der Waals surface area contributed by atoms with Crippen LogP contribution in [-0.2, 0) is 22.7 Å². The van der Waals surface area contributed by atoms with Gasteiger partial charge in [0.2, 0.25) is 11.8 Å². The second-order valence-electron chi connectivity index (χ2n) is 14.6. The smallest absolute Gasteiger partial charge is 0.262 e. The van der Waals surface area contributed by atoms with E-state index < -0.39 is 29.7 Å². The first-order chi connectivity index (χ1) is 25.6. The fraction of sp³-hybridized carbons (Fsp3) is 0.400. The molecule has 1 unspecified atom stereocenters. The molecule has 2 N–H and O–H groups in total.